The van der Waals surface area contributed by atoms with Crippen molar-refractivity contribution in [3.63, 3.8) is 0 Å². The van der Waals surface area contributed by atoms with Crippen LogP contribution in [0.15, 0.2) is 6.20 Å². The minimum atomic E-state index is 0.383. The number of aromatic nitrogens is 2. The van der Waals surface area contributed by atoms with Crippen LogP contribution in [0.2, 0.25) is 0 Å². The third-order valence-electron chi connectivity index (χ3n) is 1.30. The zero-order chi connectivity index (χ0) is 8.27. The molecule has 0 saturated carbocycles. The van der Waals surface area contributed by atoms with Gasteiger partial charge in [-0.1, -0.05) is 0 Å². The Morgan fingerprint density at radius 1 is 1.82 bits per heavy atom. The molecule has 1 aromatic rings. The van der Waals surface area contributed by atoms with Crippen molar-refractivity contribution in [2.24, 2.45) is 0 Å². The summed E-state index contributed by atoms with van der Waals surface area (Å²) in [5, 5.41) is 12.3. The molecule has 0 amide bonds. The molecule has 0 unspecified atom stereocenters. The second-order valence-corrected chi connectivity index (χ2v) is 2.35. The highest BCUT2D eigenvalue weighted by molar-refractivity contribution is 6.17. The van der Waals surface area contributed by atoms with Gasteiger partial charge in [0.2, 0.25) is 0 Å². The summed E-state index contributed by atoms with van der Waals surface area (Å²) in [6, 6.07) is 1.92. The van der Waals surface area contributed by atoms with Gasteiger partial charge >= 0.3 is 0 Å². The summed E-state index contributed by atoms with van der Waals surface area (Å²) in [6.45, 7) is 0.537. The molecular weight excluding hydrogens is 164 g/mol. The maximum atomic E-state index is 8.48. The molecule has 0 aliphatic rings. The molecule has 11 heavy (non-hydrogen) atoms. The van der Waals surface area contributed by atoms with Gasteiger partial charge in [0, 0.05) is 5.88 Å². The summed E-state index contributed by atoms with van der Waals surface area (Å²) in [6.07, 6.45) is 1.43. The van der Waals surface area contributed by atoms with Gasteiger partial charge in [0.05, 0.1) is 12.7 Å². The standard InChI is InChI=1S/C6H7ClN4/c7-1-2-11-6(9)5(3-8)4-10-11/h4H,1-2,9H2. The number of nitrogens with zero attached hydrogens (tertiary/aromatic N) is 3. The highest BCUT2D eigenvalue weighted by atomic mass is 35.5. The van der Waals surface area contributed by atoms with Crippen LogP contribution in [0, 0.1) is 11.3 Å². The van der Waals surface area contributed by atoms with Crippen LogP contribution in [0.3, 0.4) is 0 Å². The molecule has 0 radical (unpaired) electrons. The van der Waals surface area contributed by atoms with Crippen LogP contribution in [0.25, 0.3) is 0 Å². The zero-order valence-corrected chi connectivity index (χ0v) is 6.54. The van der Waals surface area contributed by atoms with E-state index in [1.807, 2.05) is 6.07 Å². The molecule has 1 aromatic heterocycles. The van der Waals surface area contributed by atoms with Crippen molar-refractivity contribution >= 4 is 17.4 Å². The lowest BCUT2D eigenvalue weighted by Gasteiger charge is -1.98. The first-order valence-corrected chi connectivity index (χ1v) is 3.60. The van der Waals surface area contributed by atoms with Crippen molar-refractivity contribution in [2.75, 3.05) is 11.6 Å². The SMILES string of the molecule is N#Cc1cnn(CCCl)c1N. The Bertz CT molecular complexity index is 285. The minimum Gasteiger partial charge on any atom is -0.383 e. The Morgan fingerprint density at radius 2 is 2.55 bits per heavy atom. The molecule has 0 bridgehead atoms. The fraction of sp³-hybridized carbons (Fsp3) is 0.333. The molecule has 58 valence electrons. The first kappa shape index (κ1) is 7.89. The molecule has 0 atom stereocenters. The lowest BCUT2D eigenvalue weighted by molar-refractivity contribution is 0.674. The number of rotatable bonds is 2. The average Bonchev–Trinajstić information content (AvgIpc) is 2.34. The van der Waals surface area contributed by atoms with Crippen LogP contribution in [0.5, 0.6) is 0 Å². The van der Waals surface area contributed by atoms with Crippen LogP contribution < -0.4 is 5.73 Å². The molecular formula is C6H7ClN4. The van der Waals surface area contributed by atoms with Crippen molar-refractivity contribution in [3.05, 3.63) is 11.8 Å². The number of alkyl halides is 1. The highest BCUT2D eigenvalue weighted by Gasteiger charge is 2.04. The Labute approximate surface area is 69.2 Å². The van der Waals surface area contributed by atoms with E-state index < -0.39 is 0 Å². The van der Waals surface area contributed by atoms with Crippen molar-refractivity contribution in [1.29, 1.82) is 5.26 Å². The largest absolute Gasteiger partial charge is 0.383 e. The molecule has 2 N–H and O–H groups in total. The number of hydrogen-bond donors (Lipinski definition) is 1. The quantitative estimate of drug-likeness (QED) is 0.660. The van der Waals surface area contributed by atoms with Crippen LogP contribution in [-0.2, 0) is 6.54 Å². The molecule has 4 nitrogen and oxygen atoms in total. The van der Waals surface area contributed by atoms with E-state index in [9.17, 15) is 0 Å². The number of anilines is 1. The van der Waals surface area contributed by atoms with Crippen molar-refractivity contribution in [1.82, 2.24) is 9.78 Å². The molecule has 0 aliphatic heterocycles. The summed E-state index contributed by atoms with van der Waals surface area (Å²) >= 11 is 5.46. The lowest BCUT2D eigenvalue weighted by atomic mass is 10.4. The van der Waals surface area contributed by atoms with E-state index in [2.05, 4.69) is 5.10 Å². The number of halogens is 1. The fourth-order valence-electron chi connectivity index (χ4n) is 0.739. The van der Waals surface area contributed by atoms with Gasteiger partial charge in [-0.3, -0.25) is 0 Å². The Kier molecular flexibility index (Phi) is 2.34. The van der Waals surface area contributed by atoms with Crippen LogP contribution in [0.4, 0.5) is 5.82 Å². The number of nitrogens with two attached hydrogens (primary N) is 1. The third-order valence-corrected chi connectivity index (χ3v) is 1.47. The van der Waals surface area contributed by atoms with Crippen LogP contribution >= 0.6 is 11.6 Å². The number of aryl methyl sites for hydroxylation is 1. The van der Waals surface area contributed by atoms with E-state index in [1.165, 1.54) is 10.9 Å². The van der Waals surface area contributed by atoms with Gasteiger partial charge in [-0.25, -0.2) is 4.68 Å². The molecule has 1 heterocycles. The van der Waals surface area contributed by atoms with Crippen molar-refractivity contribution < 1.29 is 0 Å². The van der Waals surface area contributed by atoms with E-state index in [-0.39, 0.29) is 0 Å². The number of nitriles is 1. The summed E-state index contributed by atoms with van der Waals surface area (Å²) in [7, 11) is 0. The van der Waals surface area contributed by atoms with Gasteiger partial charge in [0.15, 0.2) is 0 Å². The Hall–Kier alpha value is -1.21. The molecule has 0 aromatic carbocycles. The van der Waals surface area contributed by atoms with Gasteiger partial charge in [-0.2, -0.15) is 10.4 Å². The predicted octanol–water partition coefficient (Wildman–Crippen LogP) is 0.576. The van der Waals surface area contributed by atoms with E-state index >= 15 is 0 Å². The molecule has 0 saturated heterocycles. The number of hydrogen-bond acceptors (Lipinski definition) is 3. The van der Waals surface area contributed by atoms with Crippen LogP contribution in [0.1, 0.15) is 5.56 Å². The first-order valence-electron chi connectivity index (χ1n) is 3.07. The maximum absolute atomic E-state index is 8.48. The highest BCUT2D eigenvalue weighted by Crippen LogP contribution is 2.08. The number of nitrogen functional groups attached to an aromatic ring is 1. The van der Waals surface area contributed by atoms with E-state index in [0.29, 0.717) is 23.8 Å². The smallest absolute Gasteiger partial charge is 0.139 e. The topological polar surface area (TPSA) is 67.6 Å². The van der Waals surface area contributed by atoms with Crippen molar-refractivity contribution in [2.45, 2.75) is 6.54 Å². The zero-order valence-electron chi connectivity index (χ0n) is 5.79. The fourth-order valence-corrected chi connectivity index (χ4v) is 0.899. The minimum absolute atomic E-state index is 0.383. The monoisotopic (exact) mass is 170 g/mol. The molecule has 0 spiro atoms. The van der Waals surface area contributed by atoms with E-state index in [1.54, 1.807) is 0 Å². The normalized spacial score (nSPS) is 9.45. The van der Waals surface area contributed by atoms with Crippen LogP contribution in [-0.4, -0.2) is 15.7 Å². The molecule has 5 heteroatoms. The van der Waals surface area contributed by atoms with Gasteiger partial charge in [0.1, 0.15) is 17.5 Å². The molecule has 1 rings (SSSR count). The molecule has 0 fully saturated rings. The predicted molar refractivity (Wildman–Crippen MR) is 42.1 cm³/mol. The summed E-state index contributed by atoms with van der Waals surface area (Å²) in [5.41, 5.74) is 5.92. The second kappa shape index (κ2) is 3.26. The van der Waals surface area contributed by atoms with E-state index in [0.717, 1.165) is 0 Å². The Balaban J connectivity index is 2.93. The van der Waals surface area contributed by atoms with Gasteiger partial charge in [-0.05, 0) is 0 Å². The second-order valence-electron chi connectivity index (χ2n) is 1.97. The summed E-state index contributed by atoms with van der Waals surface area (Å²) in [4.78, 5) is 0. The average molecular weight is 171 g/mol. The van der Waals surface area contributed by atoms with Crippen molar-refractivity contribution in [3.8, 4) is 6.07 Å². The van der Waals surface area contributed by atoms with Gasteiger partial charge in [-0.15, -0.1) is 11.6 Å². The molecule has 0 aliphatic carbocycles. The van der Waals surface area contributed by atoms with Gasteiger partial charge < -0.3 is 5.73 Å². The summed E-state index contributed by atoms with van der Waals surface area (Å²) < 4.78 is 1.51. The maximum Gasteiger partial charge on any atom is 0.139 e. The summed E-state index contributed by atoms with van der Waals surface area (Å²) in [5.74, 6) is 0.824. The lowest BCUT2D eigenvalue weighted by Crippen LogP contribution is -2.05. The Morgan fingerprint density at radius 3 is 3.00 bits per heavy atom. The third kappa shape index (κ3) is 1.44. The first-order chi connectivity index (χ1) is 5.29. The van der Waals surface area contributed by atoms with E-state index in [4.69, 9.17) is 22.6 Å². The van der Waals surface area contributed by atoms with Gasteiger partial charge in [0.25, 0.3) is 0 Å².